The minimum atomic E-state index is -4.06. The predicted octanol–water partition coefficient (Wildman–Crippen LogP) is 6.79. The van der Waals surface area contributed by atoms with Crippen LogP contribution in [0.3, 0.4) is 0 Å². The summed E-state index contributed by atoms with van der Waals surface area (Å²) >= 11 is 18.9. The lowest BCUT2D eigenvalue weighted by Gasteiger charge is -2.20. The Morgan fingerprint density at radius 3 is 2.20 bits per heavy atom. The Bertz CT molecular complexity index is 988. The highest BCUT2D eigenvalue weighted by atomic mass is 35.5. The molecule has 2 aromatic carbocycles. The van der Waals surface area contributed by atoms with Gasteiger partial charge in [0.05, 0.1) is 23.3 Å². The van der Waals surface area contributed by atoms with Gasteiger partial charge in [0.1, 0.15) is 5.75 Å². The zero-order chi connectivity index (χ0) is 22.3. The van der Waals surface area contributed by atoms with Gasteiger partial charge in [0.25, 0.3) is 0 Å². The highest BCUT2D eigenvalue weighted by Gasteiger charge is 2.37. The maximum Gasteiger partial charge on any atom is 0.419 e. The Kier molecular flexibility index (Phi) is 9.16. The SMILES string of the molecule is CCOP(=O)(OCC)C(=NOC(C)=O)Oc1ccc(Cl)c(Cl)c1-c1ccccc1Cl. The second kappa shape index (κ2) is 11.1. The number of ether oxygens (including phenoxy) is 1. The van der Waals surface area contributed by atoms with Crippen molar-refractivity contribution in [2.24, 2.45) is 5.16 Å². The van der Waals surface area contributed by atoms with Gasteiger partial charge in [0.15, 0.2) is 0 Å². The summed E-state index contributed by atoms with van der Waals surface area (Å²) < 4.78 is 29.5. The van der Waals surface area contributed by atoms with Gasteiger partial charge in [0, 0.05) is 23.1 Å². The van der Waals surface area contributed by atoms with Crippen LogP contribution in [0.25, 0.3) is 11.1 Å². The van der Waals surface area contributed by atoms with Crippen LogP contribution in [0.5, 0.6) is 5.75 Å². The normalized spacial score (nSPS) is 12.0. The maximum atomic E-state index is 13.2. The van der Waals surface area contributed by atoms with Crippen LogP contribution in [0.4, 0.5) is 0 Å². The predicted molar refractivity (Wildman–Crippen MR) is 118 cm³/mol. The van der Waals surface area contributed by atoms with Crippen LogP contribution in [0.15, 0.2) is 41.6 Å². The second-order valence-electron chi connectivity index (χ2n) is 5.61. The van der Waals surface area contributed by atoms with Crippen LogP contribution in [0.2, 0.25) is 15.1 Å². The fraction of sp³-hybridized carbons (Fsp3) is 0.263. The highest BCUT2D eigenvalue weighted by Crippen LogP contribution is 2.52. The van der Waals surface area contributed by atoms with E-state index in [4.69, 9.17) is 48.6 Å². The van der Waals surface area contributed by atoms with Gasteiger partial charge in [-0.3, -0.25) is 0 Å². The lowest BCUT2D eigenvalue weighted by Crippen LogP contribution is -2.16. The largest absolute Gasteiger partial charge is 0.430 e. The third-order valence-electron chi connectivity index (χ3n) is 3.49. The summed E-state index contributed by atoms with van der Waals surface area (Å²) in [4.78, 5) is 15.9. The quantitative estimate of drug-likeness (QED) is 0.132. The topological polar surface area (TPSA) is 83.4 Å². The molecule has 0 spiro atoms. The van der Waals surface area contributed by atoms with Gasteiger partial charge >= 0.3 is 19.2 Å². The van der Waals surface area contributed by atoms with Crippen molar-refractivity contribution >= 4 is 54.0 Å². The lowest BCUT2D eigenvalue weighted by atomic mass is 10.0. The molecule has 0 unspecified atom stereocenters. The molecular weight excluding hydrogens is 476 g/mol. The van der Waals surface area contributed by atoms with Gasteiger partial charge in [-0.2, -0.15) is 0 Å². The summed E-state index contributed by atoms with van der Waals surface area (Å²) in [5.74, 6) is -0.654. The first kappa shape index (κ1) is 24.7. The molecule has 0 aromatic heterocycles. The van der Waals surface area contributed by atoms with Crippen molar-refractivity contribution in [1.29, 1.82) is 0 Å². The Morgan fingerprint density at radius 2 is 1.63 bits per heavy atom. The Labute approximate surface area is 189 Å². The number of carbonyl (C=O) groups is 1. The summed E-state index contributed by atoms with van der Waals surface area (Å²) in [6, 6.07) is 9.84. The fourth-order valence-electron chi connectivity index (χ4n) is 2.35. The molecule has 7 nitrogen and oxygen atoms in total. The van der Waals surface area contributed by atoms with E-state index in [0.717, 1.165) is 6.92 Å². The van der Waals surface area contributed by atoms with Crippen molar-refractivity contribution in [3.63, 3.8) is 0 Å². The summed E-state index contributed by atoms with van der Waals surface area (Å²) in [5.41, 5.74) is 0.258. The number of nitrogens with zero attached hydrogens (tertiary/aromatic N) is 1. The van der Waals surface area contributed by atoms with Gasteiger partial charge < -0.3 is 18.6 Å². The molecule has 0 saturated carbocycles. The molecule has 0 aliphatic rings. The van der Waals surface area contributed by atoms with Crippen molar-refractivity contribution in [3.05, 3.63) is 51.5 Å². The molecule has 0 heterocycles. The molecule has 0 amide bonds. The molecule has 2 aromatic rings. The molecule has 0 aliphatic heterocycles. The molecule has 0 aliphatic carbocycles. The van der Waals surface area contributed by atoms with Crippen molar-refractivity contribution in [1.82, 2.24) is 0 Å². The molecule has 0 fully saturated rings. The molecule has 30 heavy (non-hydrogen) atoms. The lowest BCUT2D eigenvalue weighted by molar-refractivity contribution is -0.141. The van der Waals surface area contributed by atoms with Crippen LogP contribution >= 0.6 is 42.4 Å². The van der Waals surface area contributed by atoms with E-state index in [-0.39, 0.29) is 29.0 Å². The van der Waals surface area contributed by atoms with Gasteiger partial charge in [-0.15, -0.1) is 0 Å². The number of hydrogen-bond acceptors (Lipinski definition) is 7. The summed E-state index contributed by atoms with van der Waals surface area (Å²) in [5, 5.41) is 4.33. The second-order valence-corrected chi connectivity index (χ2v) is 8.69. The van der Waals surface area contributed by atoms with E-state index in [1.165, 1.54) is 12.1 Å². The van der Waals surface area contributed by atoms with E-state index < -0.39 is 19.2 Å². The van der Waals surface area contributed by atoms with Crippen LogP contribution in [0.1, 0.15) is 20.8 Å². The van der Waals surface area contributed by atoms with Crippen LogP contribution < -0.4 is 4.74 Å². The molecule has 0 N–H and O–H groups in total. The molecule has 2 rings (SSSR count). The van der Waals surface area contributed by atoms with Crippen LogP contribution in [0, 0.1) is 0 Å². The molecule has 11 heteroatoms. The zero-order valence-electron chi connectivity index (χ0n) is 16.4. The van der Waals surface area contributed by atoms with E-state index in [1.54, 1.807) is 38.1 Å². The Morgan fingerprint density at radius 1 is 1.00 bits per heavy atom. The average molecular weight is 495 g/mol. The monoisotopic (exact) mass is 493 g/mol. The Balaban J connectivity index is 2.65. The van der Waals surface area contributed by atoms with E-state index in [2.05, 4.69) is 9.99 Å². The van der Waals surface area contributed by atoms with Gasteiger partial charge in [-0.25, -0.2) is 9.36 Å². The minimum Gasteiger partial charge on any atom is -0.430 e. The van der Waals surface area contributed by atoms with Crippen molar-refractivity contribution < 1.29 is 28.0 Å². The first-order valence-corrected chi connectivity index (χ1v) is 11.5. The van der Waals surface area contributed by atoms with Crippen molar-refractivity contribution in [2.75, 3.05) is 13.2 Å². The van der Waals surface area contributed by atoms with E-state index >= 15 is 0 Å². The molecule has 0 saturated heterocycles. The average Bonchev–Trinajstić information content (AvgIpc) is 2.69. The maximum absolute atomic E-state index is 13.2. The number of rotatable bonds is 8. The summed E-state index contributed by atoms with van der Waals surface area (Å²) in [6.45, 7) is 4.41. The number of carbonyl (C=O) groups excluding carboxylic acids is 1. The third-order valence-corrected chi connectivity index (χ3v) is 6.46. The number of oxime groups is 1. The van der Waals surface area contributed by atoms with E-state index in [1.807, 2.05) is 0 Å². The standard InChI is InChI=1S/C19H19Cl3NO6P/c1-4-26-30(25,27-5-2)19(23-29-12(3)24)28-16-11-10-15(21)18(22)17(16)13-8-6-7-9-14(13)20/h6-11H,4-5H2,1-3H3. The van der Waals surface area contributed by atoms with Gasteiger partial charge in [0.2, 0.25) is 0 Å². The Hall–Kier alpha value is -1.60. The third kappa shape index (κ3) is 5.97. The summed E-state index contributed by atoms with van der Waals surface area (Å²) in [6.07, 6.45) is 0. The van der Waals surface area contributed by atoms with Crippen molar-refractivity contribution in [2.45, 2.75) is 20.8 Å². The van der Waals surface area contributed by atoms with Gasteiger partial charge in [-0.1, -0.05) is 53.0 Å². The smallest absolute Gasteiger partial charge is 0.419 e. The first-order chi connectivity index (χ1) is 14.2. The first-order valence-electron chi connectivity index (χ1n) is 8.79. The molecule has 0 bridgehead atoms. The highest BCUT2D eigenvalue weighted by molar-refractivity contribution is 7.71. The molecule has 162 valence electrons. The zero-order valence-corrected chi connectivity index (χ0v) is 19.5. The minimum absolute atomic E-state index is 0.0263. The van der Waals surface area contributed by atoms with Crippen molar-refractivity contribution in [3.8, 4) is 16.9 Å². The molecular formula is C19H19Cl3NO6P. The van der Waals surface area contributed by atoms with Crippen LogP contribution in [-0.2, 0) is 23.2 Å². The van der Waals surface area contributed by atoms with E-state index in [0.29, 0.717) is 16.1 Å². The van der Waals surface area contributed by atoms with Gasteiger partial charge in [-0.05, 0) is 37.2 Å². The van der Waals surface area contributed by atoms with Crippen LogP contribution in [-0.4, -0.2) is 24.8 Å². The number of hydrogen-bond donors (Lipinski definition) is 0. The number of halogens is 3. The van der Waals surface area contributed by atoms with E-state index in [9.17, 15) is 9.36 Å². The molecule has 0 atom stereocenters. The fourth-order valence-corrected chi connectivity index (χ4v) is 4.32. The number of benzene rings is 2. The summed E-state index contributed by atoms with van der Waals surface area (Å²) in [7, 11) is -4.06. The molecule has 0 radical (unpaired) electrons.